The zero-order valence-corrected chi connectivity index (χ0v) is 21.5. The Bertz CT molecular complexity index is 1310. The summed E-state index contributed by atoms with van der Waals surface area (Å²) in [4.78, 5) is 34.7. The fraction of sp³-hybridized carbons (Fsp3) is 0.192. The summed E-state index contributed by atoms with van der Waals surface area (Å²) in [6.45, 7) is 3.14. The fourth-order valence-corrected chi connectivity index (χ4v) is 4.96. The zero-order valence-electron chi connectivity index (χ0n) is 19.1. The minimum atomic E-state index is -0.154. The average molecular weight is 514 g/mol. The van der Waals surface area contributed by atoms with Crippen molar-refractivity contribution in [3.8, 4) is 0 Å². The first-order chi connectivity index (χ1) is 15.8. The number of anilines is 1. The maximum Gasteiger partial charge on any atom is 0.260 e. The van der Waals surface area contributed by atoms with Gasteiger partial charge in [-0.2, -0.15) is 0 Å². The Morgan fingerprint density at radius 3 is 2.18 bits per heavy atom. The summed E-state index contributed by atoms with van der Waals surface area (Å²) in [5.41, 5.74) is 3.50. The van der Waals surface area contributed by atoms with Crippen LogP contribution in [0.3, 0.4) is 0 Å². The highest BCUT2D eigenvalue weighted by molar-refractivity contribution is 7.22. The molecule has 8 heteroatoms. The third-order valence-corrected chi connectivity index (χ3v) is 6.56. The molecule has 0 unspecified atom stereocenters. The summed E-state index contributed by atoms with van der Waals surface area (Å²) in [6.07, 6.45) is 0. The summed E-state index contributed by atoms with van der Waals surface area (Å²) >= 11 is 7.67. The van der Waals surface area contributed by atoms with Gasteiger partial charge in [-0.15, -0.1) is 12.4 Å². The standard InChI is InChI=1S/C26H24ClN3O2S.ClH/c1-17-15-21(27)16-22-23(17)28-26(33-22)30(14-13-29(2)3)25(32)20-11-9-19(10-12-20)24(31)18-7-5-4-6-8-18;/h4-12,15-16H,13-14H2,1-3H3;1H. The van der Waals surface area contributed by atoms with Crippen molar-refractivity contribution in [2.24, 2.45) is 0 Å². The number of aryl methyl sites for hydroxylation is 1. The number of rotatable bonds is 7. The van der Waals surface area contributed by atoms with E-state index >= 15 is 0 Å². The molecule has 0 aliphatic carbocycles. The molecule has 0 N–H and O–H groups in total. The van der Waals surface area contributed by atoms with E-state index in [0.717, 1.165) is 15.8 Å². The topological polar surface area (TPSA) is 53.5 Å². The predicted molar refractivity (Wildman–Crippen MR) is 143 cm³/mol. The second-order valence-corrected chi connectivity index (χ2v) is 9.54. The summed E-state index contributed by atoms with van der Waals surface area (Å²) in [5.74, 6) is -0.226. The molecular weight excluding hydrogens is 489 g/mol. The van der Waals surface area contributed by atoms with Crippen LogP contribution < -0.4 is 4.90 Å². The van der Waals surface area contributed by atoms with Crippen LogP contribution in [0.4, 0.5) is 5.13 Å². The van der Waals surface area contributed by atoms with Crippen molar-refractivity contribution in [1.82, 2.24) is 9.88 Å². The molecule has 0 bridgehead atoms. The molecule has 1 aromatic heterocycles. The Balaban J connectivity index is 0.00000324. The van der Waals surface area contributed by atoms with Crippen molar-refractivity contribution in [1.29, 1.82) is 0 Å². The minimum absolute atomic E-state index is 0. The summed E-state index contributed by atoms with van der Waals surface area (Å²) < 4.78 is 0.946. The zero-order chi connectivity index (χ0) is 23.5. The van der Waals surface area contributed by atoms with Gasteiger partial charge in [0.15, 0.2) is 10.9 Å². The molecule has 1 amide bonds. The first-order valence-corrected chi connectivity index (χ1v) is 11.8. The Morgan fingerprint density at radius 1 is 0.912 bits per heavy atom. The van der Waals surface area contributed by atoms with Crippen LogP contribution in [0.1, 0.15) is 31.8 Å². The first kappa shape index (κ1) is 25.8. The lowest BCUT2D eigenvalue weighted by atomic mass is 10.0. The molecular formula is C26H25Cl2N3O2S. The molecule has 0 aliphatic rings. The van der Waals surface area contributed by atoms with E-state index in [1.807, 2.05) is 56.3 Å². The molecule has 3 aromatic carbocycles. The van der Waals surface area contributed by atoms with Crippen molar-refractivity contribution in [2.75, 3.05) is 32.1 Å². The molecule has 0 saturated heterocycles. The number of nitrogens with zero attached hydrogens (tertiary/aromatic N) is 3. The normalized spacial score (nSPS) is 10.9. The quantitative estimate of drug-likeness (QED) is 0.279. The third-order valence-electron chi connectivity index (χ3n) is 5.32. The number of ketones is 1. The summed E-state index contributed by atoms with van der Waals surface area (Å²) in [5, 5.41) is 1.28. The van der Waals surface area contributed by atoms with Gasteiger partial charge in [0.2, 0.25) is 0 Å². The molecule has 4 rings (SSSR count). The monoisotopic (exact) mass is 513 g/mol. The average Bonchev–Trinajstić information content (AvgIpc) is 3.23. The number of halogens is 2. The van der Waals surface area contributed by atoms with Gasteiger partial charge in [-0.3, -0.25) is 14.5 Å². The van der Waals surface area contributed by atoms with Gasteiger partial charge in [0.1, 0.15) is 0 Å². The molecule has 176 valence electrons. The number of benzene rings is 3. The number of amides is 1. The molecule has 5 nitrogen and oxygen atoms in total. The van der Waals surface area contributed by atoms with E-state index in [9.17, 15) is 9.59 Å². The van der Waals surface area contributed by atoms with Gasteiger partial charge in [-0.1, -0.05) is 65.4 Å². The molecule has 0 spiro atoms. The second-order valence-electron chi connectivity index (χ2n) is 8.10. The number of carbonyl (C=O) groups is 2. The lowest BCUT2D eigenvalue weighted by molar-refractivity contribution is 0.0982. The molecule has 0 fully saturated rings. The highest BCUT2D eigenvalue weighted by Gasteiger charge is 2.22. The second kappa shape index (κ2) is 11.1. The van der Waals surface area contributed by atoms with E-state index in [-0.39, 0.29) is 24.1 Å². The van der Waals surface area contributed by atoms with Gasteiger partial charge >= 0.3 is 0 Å². The molecule has 34 heavy (non-hydrogen) atoms. The fourth-order valence-electron chi connectivity index (χ4n) is 3.52. The van der Waals surface area contributed by atoms with Gasteiger partial charge < -0.3 is 4.90 Å². The largest absolute Gasteiger partial charge is 0.308 e. The Morgan fingerprint density at radius 2 is 1.53 bits per heavy atom. The predicted octanol–water partition coefficient (Wildman–Crippen LogP) is 6.12. The van der Waals surface area contributed by atoms with Crippen LogP contribution in [0.15, 0.2) is 66.7 Å². The van der Waals surface area contributed by atoms with Gasteiger partial charge in [0, 0.05) is 34.8 Å². The number of hydrogen-bond acceptors (Lipinski definition) is 5. The Kier molecular flexibility index (Phi) is 8.44. The van der Waals surface area contributed by atoms with Gasteiger partial charge in [-0.25, -0.2) is 4.98 Å². The van der Waals surface area contributed by atoms with E-state index in [4.69, 9.17) is 16.6 Å². The number of likely N-dealkylation sites (N-methyl/N-ethyl adjacent to an activating group) is 1. The molecule has 1 heterocycles. The van der Waals surface area contributed by atoms with E-state index in [0.29, 0.717) is 39.9 Å². The van der Waals surface area contributed by atoms with E-state index in [1.165, 1.54) is 11.3 Å². The van der Waals surface area contributed by atoms with E-state index < -0.39 is 0 Å². The molecule has 0 atom stereocenters. The van der Waals surface area contributed by atoms with Crippen LogP contribution in [-0.2, 0) is 0 Å². The number of fused-ring (bicyclic) bond motifs is 1. The van der Waals surface area contributed by atoms with Crippen LogP contribution >= 0.6 is 35.3 Å². The van der Waals surface area contributed by atoms with Crippen LogP contribution in [0.25, 0.3) is 10.2 Å². The maximum absolute atomic E-state index is 13.5. The highest BCUT2D eigenvalue weighted by Crippen LogP contribution is 2.33. The molecule has 0 aliphatic heterocycles. The lowest BCUT2D eigenvalue weighted by Crippen LogP contribution is -2.36. The van der Waals surface area contributed by atoms with Crippen molar-refractivity contribution in [3.05, 3.63) is 94.0 Å². The van der Waals surface area contributed by atoms with Gasteiger partial charge in [0.25, 0.3) is 5.91 Å². The first-order valence-electron chi connectivity index (χ1n) is 10.6. The third kappa shape index (κ3) is 5.65. The highest BCUT2D eigenvalue weighted by atomic mass is 35.5. The number of thiazole rings is 1. The minimum Gasteiger partial charge on any atom is -0.308 e. The van der Waals surface area contributed by atoms with Crippen LogP contribution in [0.2, 0.25) is 5.02 Å². The van der Waals surface area contributed by atoms with Crippen LogP contribution in [0.5, 0.6) is 0 Å². The smallest absolute Gasteiger partial charge is 0.260 e. The molecule has 0 radical (unpaired) electrons. The van der Waals surface area contributed by atoms with E-state index in [2.05, 4.69) is 0 Å². The lowest BCUT2D eigenvalue weighted by Gasteiger charge is -2.22. The van der Waals surface area contributed by atoms with E-state index in [1.54, 1.807) is 41.3 Å². The number of hydrogen-bond donors (Lipinski definition) is 0. The number of aromatic nitrogens is 1. The van der Waals surface area contributed by atoms with Crippen molar-refractivity contribution < 1.29 is 9.59 Å². The molecule has 4 aromatic rings. The van der Waals surface area contributed by atoms with Crippen molar-refractivity contribution in [3.63, 3.8) is 0 Å². The van der Waals surface area contributed by atoms with Crippen molar-refractivity contribution in [2.45, 2.75) is 6.92 Å². The van der Waals surface area contributed by atoms with Gasteiger partial charge in [0.05, 0.1) is 10.2 Å². The summed E-state index contributed by atoms with van der Waals surface area (Å²) in [6, 6.07) is 19.7. The maximum atomic E-state index is 13.5. The van der Waals surface area contributed by atoms with Crippen LogP contribution in [-0.4, -0.2) is 48.8 Å². The Labute approximate surface area is 214 Å². The SMILES string of the molecule is Cc1cc(Cl)cc2sc(N(CCN(C)C)C(=O)c3ccc(C(=O)c4ccccc4)cc3)nc12.Cl. The molecule has 0 saturated carbocycles. The van der Waals surface area contributed by atoms with Crippen molar-refractivity contribution >= 4 is 62.4 Å². The Hall–Kier alpha value is -2.77. The van der Waals surface area contributed by atoms with Crippen LogP contribution in [0, 0.1) is 6.92 Å². The van der Waals surface area contributed by atoms with Gasteiger partial charge in [-0.05, 0) is 50.8 Å². The number of carbonyl (C=O) groups excluding carboxylic acids is 2. The summed E-state index contributed by atoms with van der Waals surface area (Å²) in [7, 11) is 3.93.